The molecule has 0 saturated carbocycles. The molecule has 1 fully saturated rings. The lowest BCUT2D eigenvalue weighted by Crippen LogP contribution is -2.48. The first kappa shape index (κ1) is 22.8. The highest BCUT2D eigenvalue weighted by atomic mass is 16.5. The number of amides is 2. The highest BCUT2D eigenvalue weighted by Gasteiger charge is 2.22. The second-order valence-electron chi connectivity index (χ2n) is 8.57. The van der Waals surface area contributed by atoms with Crippen LogP contribution in [-0.2, 0) is 11.3 Å². The Balaban J connectivity index is 1.51. The fraction of sp³-hybridized carbons (Fsp3) is 0.440. The van der Waals surface area contributed by atoms with E-state index < -0.39 is 0 Å². The van der Waals surface area contributed by atoms with Crippen LogP contribution in [0.1, 0.15) is 41.3 Å². The van der Waals surface area contributed by atoms with Crippen molar-refractivity contribution in [2.75, 3.05) is 46.9 Å². The Kier molecular flexibility index (Phi) is 7.69. The van der Waals surface area contributed by atoms with Gasteiger partial charge in [-0.2, -0.15) is 0 Å². The van der Waals surface area contributed by atoms with Crippen molar-refractivity contribution in [3.63, 3.8) is 0 Å². The van der Waals surface area contributed by atoms with Crippen LogP contribution >= 0.6 is 0 Å². The quantitative estimate of drug-likeness (QED) is 0.686. The smallest absolute Gasteiger partial charge is 0.259 e. The Morgan fingerprint density at radius 2 is 1.68 bits per heavy atom. The molecule has 1 saturated heterocycles. The zero-order valence-corrected chi connectivity index (χ0v) is 19.0. The van der Waals surface area contributed by atoms with Crippen LogP contribution < -0.4 is 4.74 Å². The average molecular weight is 424 g/mol. The van der Waals surface area contributed by atoms with E-state index in [1.807, 2.05) is 4.90 Å². The molecule has 0 aromatic heterocycles. The molecule has 0 spiro atoms. The summed E-state index contributed by atoms with van der Waals surface area (Å²) in [6.45, 7) is 8.38. The van der Waals surface area contributed by atoms with Gasteiger partial charge in [-0.05, 0) is 35.2 Å². The monoisotopic (exact) mass is 423 g/mol. The van der Waals surface area contributed by atoms with E-state index >= 15 is 0 Å². The Hall–Kier alpha value is -2.86. The summed E-state index contributed by atoms with van der Waals surface area (Å²) < 4.78 is 5.54. The molecule has 1 heterocycles. The van der Waals surface area contributed by atoms with E-state index in [0.717, 1.165) is 19.6 Å². The number of hydrogen-bond donors (Lipinski definition) is 0. The van der Waals surface area contributed by atoms with E-state index in [9.17, 15) is 9.59 Å². The fourth-order valence-corrected chi connectivity index (χ4v) is 3.55. The fourth-order valence-electron chi connectivity index (χ4n) is 3.55. The molecule has 31 heavy (non-hydrogen) atoms. The molecule has 6 nitrogen and oxygen atoms in total. The van der Waals surface area contributed by atoms with Crippen LogP contribution in [0, 0.1) is 0 Å². The van der Waals surface area contributed by atoms with Gasteiger partial charge in [0.25, 0.3) is 11.8 Å². The highest BCUT2D eigenvalue weighted by molar-refractivity contribution is 5.94. The zero-order chi connectivity index (χ0) is 22.4. The van der Waals surface area contributed by atoms with Crippen LogP contribution in [0.4, 0.5) is 0 Å². The topological polar surface area (TPSA) is 53.1 Å². The molecular weight excluding hydrogens is 390 g/mol. The maximum absolute atomic E-state index is 12.9. The largest absolute Gasteiger partial charge is 0.484 e. The van der Waals surface area contributed by atoms with Gasteiger partial charge in [0.05, 0.1) is 0 Å². The Morgan fingerprint density at radius 3 is 2.29 bits per heavy atom. The number of rotatable bonds is 7. The number of ether oxygens (including phenoxy) is 1. The first-order valence-electron chi connectivity index (χ1n) is 10.9. The van der Waals surface area contributed by atoms with Gasteiger partial charge in [0.15, 0.2) is 6.61 Å². The van der Waals surface area contributed by atoms with Gasteiger partial charge in [-0.1, -0.05) is 44.2 Å². The minimum absolute atomic E-state index is 0.00493. The predicted octanol–water partition coefficient (Wildman–Crippen LogP) is 3.24. The highest BCUT2D eigenvalue weighted by Crippen LogP contribution is 2.18. The molecule has 1 aliphatic heterocycles. The molecule has 0 radical (unpaired) electrons. The van der Waals surface area contributed by atoms with E-state index in [0.29, 0.717) is 30.3 Å². The number of likely N-dealkylation sites (N-methyl/N-ethyl adjacent to an activating group) is 1. The molecule has 2 aromatic carbocycles. The van der Waals surface area contributed by atoms with Crippen molar-refractivity contribution in [2.45, 2.75) is 26.3 Å². The van der Waals surface area contributed by atoms with Crippen molar-refractivity contribution in [3.8, 4) is 5.75 Å². The van der Waals surface area contributed by atoms with Gasteiger partial charge in [-0.15, -0.1) is 0 Å². The number of hydrogen-bond acceptors (Lipinski definition) is 4. The van der Waals surface area contributed by atoms with Gasteiger partial charge in [-0.3, -0.25) is 14.5 Å². The van der Waals surface area contributed by atoms with Crippen LogP contribution in [0.5, 0.6) is 5.75 Å². The van der Waals surface area contributed by atoms with Gasteiger partial charge in [-0.25, -0.2) is 0 Å². The van der Waals surface area contributed by atoms with Crippen LogP contribution in [0.25, 0.3) is 0 Å². The van der Waals surface area contributed by atoms with Crippen molar-refractivity contribution in [1.82, 2.24) is 14.7 Å². The molecular formula is C25H33N3O3. The zero-order valence-electron chi connectivity index (χ0n) is 19.0. The molecule has 2 amide bonds. The molecule has 6 heteroatoms. The van der Waals surface area contributed by atoms with Gasteiger partial charge in [0, 0.05) is 52.4 Å². The second-order valence-corrected chi connectivity index (χ2v) is 8.57. The lowest BCUT2D eigenvalue weighted by molar-refractivity contribution is -0.130. The van der Waals surface area contributed by atoms with E-state index in [1.165, 1.54) is 16.0 Å². The summed E-state index contributed by atoms with van der Waals surface area (Å²) in [6.07, 6.45) is 0. The minimum Gasteiger partial charge on any atom is -0.484 e. The van der Waals surface area contributed by atoms with Gasteiger partial charge < -0.3 is 14.5 Å². The standard InChI is InChI=1S/C25H33N3O3/c1-19(2)21-10-8-20(9-11-21)17-27-12-14-28(15-13-27)25(30)22-6-5-7-23(16-22)31-18-24(29)26(3)4/h5-11,16,19H,12-15,17-18H2,1-4H3. The third kappa shape index (κ3) is 6.31. The minimum atomic E-state index is -0.119. The lowest BCUT2D eigenvalue weighted by atomic mass is 10.0. The number of nitrogens with zero attached hydrogens (tertiary/aromatic N) is 3. The summed E-state index contributed by atoms with van der Waals surface area (Å²) in [5.74, 6) is 0.961. The van der Waals surface area contributed by atoms with E-state index in [1.54, 1.807) is 38.4 Å². The maximum Gasteiger partial charge on any atom is 0.259 e. The normalized spacial score (nSPS) is 14.5. The molecule has 0 bridgehead atoms. The van der Waals surface area contributed by atoms with Crippen LogP contribution in [0.3, 0.4) is 0 Å². The molecule has 0 N–H and O–H groups in total. The molecule has 0 atom stereocenters. The predicted molar refractivity (Wildman–Crippen MR) is 122 cm³/mol. The summed E-state index contributed by atoms with van der Waals surface area (Å²) in [5, 5.41) is 0. The van der Waals surface area contributed by atoms with Gasteiger partial charge in [0.2, 0.25) is 0 Å². The molecule has 0 unspecified atom stereocenters. The molecule has 2 aromatic rings. The van der Waals surface area contributed by atoms with E-state index in [2.05, 4.69) is 43.0 Å². The number of benzene rings is 2. The van der Waals surface area contributed by atoms with E-state index in [-0.39, 0.29) is 18.4 Å². The summed E-state index contributed by atoms with van der Waals surface area (Å²) in [5.41, 5.74) is 3.25. The summed E-state index contributed by atoms with van der Waals surface area (Å²) in [4.78, 5) is 30.4. The molecule has 166 valence electrons. The van der Waals surface area contributed by atoms with Gasteiger partial charge >= 0.3 is 0 Å². The number of carbonyl (C=O) groups is 2. The first-order chi connectivity index (χ1) is 14.8. The molecule has 0 aliphatic carbocycles. The summed E-state index contributed by atoms with van der Waals surface area (Å²) in [7, 11) is 3.37. The van der Waals surface area contributed by atoms with E-state index in [4.69, 9.17) is 4.74 Å². The van der Waals surface area contributed by atoms with Crippen molar-refractivity contribution < 1.29 is 14.3 Å². The third-order valence-corrected chi connectivity index (χ3v) is 5.65. The first-order valence-corrected chi connectivity index (χ1v) is 10.9. The summed E-state index contributed by atoms with van der Waals surface area (Å²) >= 11 is 0. The maximum atomic E-state index is 12.9. The Bertz CT molecular complexity index is 885. The van der Waals surface area contributed by atoms with Gasteiger partial charge in [0.1, 0.15) is 5.75 Å². The van der Waals surface area contributed by atoms with Crippen molar-refractivity contribution in [3.05, 3.63) is 65.2 Å². The van der Waals surface area contributed by atoms with Crippen molar-refractivity contribution in [1.29, 1.82) is 0 Å². The summed E-state index contributed by atoms with van der Waals surface area (Å²) in [6, 6.07) is 15.9. The third-order valence-electron chi connectivity index (χ3n) is 5.65. The Morgan fingerprint density at radius 1 is 1.00 bits per heavy atom. The van der Waals surface area contributed by atoms with Crippen LogP contribution in [0.15, 0.2) is 48.5 Å². The second kappa shape index (κ2) is 10.4. The lowest BCUT2D eigenvalue weighted by Gasteiger charge is -2.35. The van der Waals surface area contributed by atoms with Crippen molar-refractivity contribution >= 4 is 11.8 Å². The van der Waals surface area contributed by atoms with Crippen molar-refractivity contribution in [2.24, 2.45) is 0 Å². The molecule has 1 aliphatic rings. The molecule has 3 rings (SSSR count). The SMILES string of the molecule is CC(C)c1ccc(CN2CCN(C(=O)c3cccc(OCC(=O)N(C)C)c3)CC2)cc1. The average Bonchev–Trinajstić information content (AvgIpc) is 2.78. The number of piperazine rings is 1. The number of carbonyl (C=O) groups excluding carboxylic acids is 2. The van der Waals surface area contributed by atoms with Crippen LogP contribution in [0.2, 0.25) is 0 Å². The Labute approximate surface area is 185 Å². The van der Waals surface area contributed by atoms with Crippen LogP contribution in [-0.4, -0.2) is 73.4 Å².